The first kappa shape index (κ1) is 19.9. The molecule has 0 spiro atoms. The van der Waals surface area contributed by atoms with Crippen molar-refractivity contribution in [3.63, 3.8) is 0 Å². The highest BCUT2D eigenvalue weighted by atomic mass is 19.1. The van der Waals surface area contributed by atoms with Crippen LogP contribution in [0.3, 0.4) is 0 Å². The van der Waals surface area contributed by atoms with Crippen LogP contribution < -0.4 is 14.8 Å². The minimum atomic E-state index is -0.470. The van der Waals surface area contributed by atoms with Gasteiger partial charge in [0.05, 0.1) is 25.0 Å². The number of methoxy groups -OCH3 is 1. The maximum Gasteiger partial charge on any atom is 0.322 e. The fourth-order valence-corrected chi connectivity index (χ4v) is 3.20. The van der Waals surface area contributed by atoms with Crippen LogP contribution in [0.1, 0.15) is 19.4 Å². The number of urea groups is 1. The van der Waals surface area contributed by atoms with Gasteiger partial charge in [-0.25, -0.2) is 9.18 Å². The van der Waals surface area contributed by atoms with E-state index in [4.69, 9.17) is 14.2 Å². The Morgan fingerprint density at radius 2 is 1.79 bits per heavy atom. The van der Waals surface area contributed by atoms with Gasteiger partial charge in [-0.1, -0.05) is 6.07 Å². The zero-order valence-corrected chi connectivity index (χ0v) is 16.5. The first-order valence-electron chi connectivity index (χ1n) is 9.19. The van der Waals surface area contributed by atoms with E-state index in [1.54, 1.807) is 18.1 Å². The molecule has 3 rings (SSSR count). The van der Waals surface area contributed by atoms with Crippen molar-refractivity contribution in [3.05, 3.63) is 47.8 Å². The average molecular weight is 388 g/mol. The van der Waals surface area contributed by atoms with Gasteiger partial charge in [-0.3, -0.25) is 0 Å². The van der Waals surface area contributed by atoms with Gasteiger partial charge in [0.2, 0.25) is 0 Å². The first-order chi connectivity index (χ1) is 13.4. The number of carbonyl (C=O) groups is 1. The molecule has 0 radical (unpaired) electrons. The lowest BCUT2D eigenvalue weighted by Crippen LogP contribution is -2.49. The molecule has 2 aromatic carbocycles. The Balaban J connectivity index is 1.82. The van der Waals surface area contributed by atoms with Crippen LogP contribution in [0.5, 0.6) is 17.2 Å². The number of hydrogen-bond donors (Lipinski definition) is 1. The minimum absolute atomic E-state index is 0.0606. The normalized spacial score (nSPS) is 19.2. The summed E-state index contributed by atoms with van der Waals surface area (Å²) in [5, 5.41) is 2.76. The van der Waals surface area contributed by atoms with E-state index in [0.29, 0.717) is 30.3 Å². The van der Waals surface area contributed by atoms with E-state index in [9.17, 15) is 9.18 Å². The van der Waals surface area contributed by atoms with Gasteiger partial charge in [0.15, 0.2) is 17.2 Å². The number of ether oxygens (including phenoxy) is 3. The minimum Gasteiger partial charge on any atom is -0.493 e. The lowest BCUT2D eigenvalue weighted by molar-refractivity contribution is -0.0530. The van der Waals surface area contributed by atoms with Gasteiger partial charge in [0.25, 0.3) is 0 Å². The lowest BCUT2D eigenvalue weighted by atomic mass is 10.2. The number of aryl methyl sites for hydroxylation is 1. The molecule has 1 heterocycles. The Kier molecular flexibility index (Phi) is 6.04. The van der Waals surface area contributed by atoms with E-state index in [1.165, 1.54) is 18.2 Å². The van der Waals surface area contributed by atoms with Gasteiger partial charge >= 0.3 is 6.03 Å². The molecule has 1 fully saturated rings. The number of carbonyl (C=O) groups excluding carboxylic acids is 1. The van der Waals surface area contributed by atoms with Crippen LogP contribution in [-0.2, 0) is 4.74 Å². The van der Waals surface area contributed by atoms with Gasteiger partial charge in [-0.05, 0) is 50.6 Å². The molecule has 0 saturated carbocycles. The van der Waals surface area contributed by atoms with Crippen molar-refractivity contribution < 1.29 is 23.4 Å². The molecular weight excluding hydrogens is 363 g/mol. The summed E-state index contributed by atoms with van der Waals surface area (Å²) < 4.78 is 30.8. The molecule has 0 bridgehead atoms. The Bertz CT molecular complexity index is 848. The van der Waals surface area contributed by atoms with Gasteiger partial charge in [-0.15, -0.1) is 0 Å². The van der Waals surface area contributed by atoms with Crippen molar-refractivity contribution in [2.45, 2.75) is 33.0 Å². The van der Waals surface area contributed by atoms with Crippen LogP contribution in [0.4, 0.5) is 14.9 Å². The number of halogens is 1. The van der Waals surface area contributed by atoms with Crippen molar-refractivity contribution in [1.29, 1.82) is 0 Å². The molecule has 1 N–H and O–H groups in total. The molecular formula is C21H25FN2O4. The highest BCUT2D eigenvalue weighted by molar-refractivity contribution is 5.91. The number of nitrogens with zero attached hydrogens (tertiary/aromatic N) is 1. The maximum atomic E-state index is 13.8. The number of anilines is 1. The predicted octanol–water partition coefficient (Wildman–Crippen LogP) is 4.58. The van der Waals surface area contributed by atoms with E-state index in [0.717, 1.165) is 5.56 Å². The van der Waals surface area contributed by atoms with Crippen molar-refractivity contribution in [2.75, 3.05) is 25.5 Å². The first-order valence-corrected chi connectivity index (χ1v) is 9.19. The zero-order chi connectivity index (χ0) is 20.3. The zero-order valence-electron chi connectivity index (χ0n) is 16.5. The second kappa shape index (κ2) is 8.48. The summed E-state index contributed by atoms with van der Waals surface area (Å²) in [6.07, 6.45) is -0.121. The summed E-state index contributed by atoms with van der Waals surface area (Å²) in [5.41, 5.74) is 1.27. The molecule has 6 nitrogen and oxygen atoms in total. The third kappa shape index (κ3) is 4.72. The van der Waals surface area contributed by atoms with Crippen LogP contribution >= 0.6 is 0 Å². The van der Waals surface area contributed by atoms with Crippen molar-refractivity contribution in [1.82, 2.24) is 4.90 Å². The van der Waals surface area contributed by atoms with E-state index in [-0.39, 0.29) is 23.9 Å². The Morgan fingerprint density at radius 1 is 1.11 bits per heavy atom. The summed E-state index contributed by atoms with van der Waals surface area (Å²) in [7, 11) is 1.55. The van der Waals surface area contributed by atoms with E-state index in [1.807, 2.05) is 32.9 Å². The molecule has 7 heteroatoms. The summed E-state index contributed by atoms with van der Waals surface area (Å²) in [5.74, 6) is 0.884. The molecule has 28 heavy (non-hydrogen) atoms. The van der Waals surface area contributed by atoms with Gasteiger partial charge < -0.3 is 24.4 Å². The second-order valence-corrected chi connectivity index (χ2v) is 6.99. The number of hydrogen-bond acceptors (Lipinski definition) is 4. The fourth-order valence-electron chi connectivity index (χ4n) is 3.20. The second-order valence-electron chi connectivity index (χ2n) is 6.99. The van der Waals surface area contributed by atoms with Gasteiger partial charge in [0.1, 0.15) is 5.82 Å². The molecule has 150 valence electrons. The van der Waals surface area contributed by atoms with E-state index in [2.05, 4.69) is 5.32 Å². The van der Waals surface area contributed by atoms with Crippen molar-refractivity contribution >= 4 is 11.7 Å². The summed E-state index contributed by atoms with van der Waals surface area (Å²) >= 11 is 0. The van der Waals surface area contributed by atoms with Gasteiger partial charge in [-0.2, -0.15) is 0 Å². The molecule has 2 atom stereocenters. The van der Waals surface area contributed by atoms with Gasteiger partial charge in [0, 0.05) is 19.2 Å². The number of amides is 2. The Hall–Kier alpha value is -2.80. The monoisotopic (exact) mass is 388 g/mol. The molecule has 0 aromatic heterocycles. The molecule has 2 unspecified atom stereocenters. The standard InChI is InChI=1S/C21H25FN2O4/c1-13-5-7-19(20(9-13)26-4)28-18-8-6-16(22)10-17(18)23-21(25)24-11-14(2)27-15(3)12-24/h5-10,14-15H,11-12H2,1-4H3,(H,23,25). The largest absolute Gasteiger partial charge is 0.493 e. The molecule has 1 saturated heterocycles. The summed E-state index contributed by atoms with van der Waals surface area (Å²) in [6.45, 7) is 6.70. The number of benzene rings is 2. The highest BCUT2D eigenvalue weighted by Gasteiger charge is 2.26. The SMILES string of the molecule is COc1cc(C)ccc1Oc1ccc(F)cc1NC(=O)N1CC(C)OC(C)C1. The smallest absolute Gasteiger partial charge is 0.322 e. The third-order valence-electron chi connectivity index (χ3n) is 4.43. The van der Waals surface area contributed by atoms with E-state index < -0.39 is 5.82 Å². The molecule has 2 amide bonds. The van der Waals surface area contributed by atoms with Crippen molar-refractivity contribution in [2.24, 2.45) is 0 Å². The average Bonchev–Trinajstić information content (AvgIpc) is 2.64. The van der Waals surface area contributed by atoms with Crippen LogP contribution in [-0.4, -0.2) is 43.3 Å². The number of rotatable bonds is 4. The molecule has 1 aliphatic rings. The van der Waals surface area contributed by atoms with Crippen LogP contribution in [0, 0.1) is 12.7 Å². The molecule has 0 aliphatic carbocycles. The molecule has 2 aromatic rings. The highest BCUT2D eigenvalue weighted by Crippen LogP contribution is 2.36. The summed E-state index contributed by atoms with van der Waals surface area (Å²) in [6, 6.07) is 9.17. The lowest BCUT2D eigenvalue weighted by Gasteiger charge is -2.35. The van der Waals surface area contributed by atoms with Crippen LogP contribution in [0.2, 0.25) is 0 Å². The number of morpholine rings is 1. The maximum absolute atomic E-state index is 13.8. The predicted molar refractivity (Wildman–Crippen MR) is 105 cm³/mol. The fraction of sp³-hybridized carbons (Fsp3) is 0.381. The quantitative estimate of drug-likeness (QED) is 0.833. The molecule has 1 aliphatic heterocycles. The van der Waals surface area contributed by atoms with Crippen LogP contribution in [0.25, 0.3) is 0 Å². The Morgan fingerprint density at radius 3 is 2.46 bits per heavy atom. The van der Waals surface area contributed by atoms with E-state index >= 15 is 0 Å². The third-order valence-corrected chi connectivity index (χ3v) is 4.43. The topological polar surface area (TPSA) is 60.0 Å². The summed E-state index contributed by atoms with van der Waals surface area (Å²) in [4.78, 5) is 14.4. The van der Waals surface area contributed by atoms with Crippen LogP contribution in [0.15, 0.2) is 36.4 Å². The Labute approximate surface area is 164 Å². The van der Waals surface area contributed by atoms with Crippen molar-refractivity contribution in [3.8, 4) is 17.2 Å². The number of nitrogens with one attached hydrogen (secondary N) is 1.